The molecule has 4 heteroatoms. The van der Waals surface area contributed by atoms with Gasteiger partial charge in [-0.05, 0) is 36.5 Å². The van der Waals surface area contributed by atoms with Gasteiger partial charge in [-0.25, -0.2) is 4.98 Å². The van der Waals surface area contributed by atoms with Crippen molar-refractivity contribution in [2.24, 2.45) is 0 Å². The SMILES string of the molecule is COCCOc1ncccc1CN[C@H]1CCCc2ccccc21. The quantitative estimate of drug-likeness (QED) is 0.797. The van der Waals surface area contributed by atoms with E-state index in [1.807, 2.05) is 6.07 Å². The smallest absolute Gasteiger partial charge is 0.217 e. The molecule has 1 aromatic carbocycles. The third-order valence-electron chi connectivity index (χ3n) is 4.28. The number of aromatic nitrogens is 1. The van der Waals surface area contributed by atoms with Crippen LogP contribution in [0.15, 0.2) is 42.6 Å². The van der Waals surface area contributed by atoms with Crippen molar-refractivity contribution >= 4 is 0 Å². The topological polar surface area (TPSA) is 43.4 Å². The number of fused-ring (bicyclic) bond motifs is 1. The van der Waals surface area contributed by atoms with Gasteiger partial charge in [-0.2, -0.15) is 0 Å². The maximum Gasteiger partial charge on any atom is 0.217 e. The maximum absolute atomic E-state index is 5.71. The van der Waals surface area contributed by atoms with Gasteiger partial charge in [0.25, 0.3) is 0 Å². The Morgan fingerprint density at radius 1 is 1.17 bits per heavy atom. The van der Waals surface area contributed by atoms with Crippen molar-refractivity contribution in [3.05, 3.63) is 59.3 Å². The summed E-state index contributed by atoms with van der Waals surface area (Å²) in [7, 11) is 1.67. The molecule has 122 valence electrons. The molecule has 0 fully saturated rings. The Bertz CT molecular complexity index is 630. The Balaban J connectivity index is 1.65. The minimum absolute atomic E-state index is 0.409. The van der Waals surface area contributed by atoms with Gasteiger partial charge in [0, 0.05) is 31.5 Å². The molecule has 2 aromatic rings. The number of methoxy groups -OCH3 is 1. The van der Waals surface area contributed by atoms with E-state index in [2.05, 4.69) is 40.6 Å². The first-order valence-electron chi connectivity index (χ1n) is 8.25. The Labute approximate surface area is 137 Å². The number of benzene rings is 1. The third-order valence-corrected chi connectivity index (χ3v) is 4.28. The third kappa shape index (κ3) is 4.09. The number of pyridine rings is 1. The molecule has 1 atom stereocenters. The molecule has 0 saturated heterocycles. The predicted octanol–water partition coefficient (Wildman–Crippen LogP) is 3.27. The minimum Gasteiger partial charge on any atom is -0.475 e. The summed E-state index contributed by atoms with van der Waals surface area (Å²) in [6.45, 7) is 1.85. The van der Waals surface area contributed by atoms with E-state index in [-0.39, 0.29) is 0 Å². The summed E-state index contributed by atoms with van der Waals surface area (Å²) in [5, 5.41) is 3.67. The molecule has 0 aliphatic heterocycles. The standard InChI is InChI=1S/C19H24N2O2/c1-22-12-13-23-19-16(8-5-11-20-19)14-21-18-10-4-7-15-6-2-3-9-17(15)18/h2-3,5-6,8-9,11,18,21H,4,7,10,12-14H2,1H3/t18-/m0/s1. The van der Waals surface area contributed by atoms with Crippen LogP contribution in [0, 0.1) is 0 Å². The van der Waals surface area contributed by atoms with Crippen molar-refractivity contribution in [3.63, 3.8) is 0 Å². The van der Waals surface area contributed by atoms with Crippen molar-refractivity contribution in [1.82, 2.24) is 10.3 Å². The van der Waals surface area contributed by atoms with Gasteiger partial charge in [-0.15, -0.1) is 0 Å². The number of aryl methyl sites for hydroxylation is 1. The largest absolute Gasteiger partial charge is 0.475 e. The molecule has 0 radical (unpaired) electrons. The van der Waals surface area contributed by atoms with E-state index in [0.29, 0.717) is 25.1 Å². The second-order valence-corrected chi connectivity index (χ2v) is 5.83. The number of ether oxygens (including phenoxy) is 2. The summed E-state index contributed by atoms with van der Waals surface area (Å²) in [6.07, 6.45) is 5.37. The molecule has 0 unspecified atom stereocenters. The van der Waals surface area contributed by atoms with Crippen LogP contribution in [0.3, 0.4) is 0 Å². The highest BCUT2D eigenvalue weighted by Crippen LogP contribution is 2.30. The lowest BCUT2D eigenvalue weighted by Crippen LogP contribution is -2.25. The van der Waals surface area contributed by atoms with Crippen LogP contribution in [0.25, 0.3) is 0 Å². The van der Waals surface area contributed by atoms with Gasteiger partial charge in [-0.1, -0.05) is 30.3 Å². The zero-order chi connectivity index (χ0) is 15.9. The van der Waals surface area contributed by atoms with E-state index in [1.165, 1.54) is 30.4 Å². The van der Waals surface area contributed by atoms with E-state index in [0.717, 1.165) is 12.1 Å². The zero-order valence-electron chi connectivity index (χ0n) is 13.6. The highest BCUT2D eigenvalue weighted by atomic mass is 16.5. The van der Waals surface area contributed by atoms with Gasteiger partial charge in [0.15, 0.2) is 0 Å². The molecule has 1 heterocycles. The first-order valence-corrected chi connectivity index (χ1v) is 8.25. The molecular formula is C19H24N2O2. The maximum atomic E-state index is 5.71. The van der Waals surface area contributed by atoms with Crippen LogP contribution in [0.2, 0.25) is 0 Å². The molecule has 3 rings (SSSR count). The molecule has 23 heavy (non-hydrogen) atoms. The van der Waals surface area contributed by atoms with E-state index < -0.39 is 0 Å². The Hall–Kier alpha value is -1.91. The van der Waals surface area contributed by atoms with E-state index in [1.54, 1.807) is 13.3 Å². The minimum atomic E-state index is 0.409. The van der Waals surface area contributed by atoms with Crippen LogP contribution in [-0.2, 0) is 17.7 Å². The van der Waals surface area contributed by atoms with Gasteiger partial charge in [0.05, 0.1) is 6.61 Å². The fourth-order valence-electron chi connectivity index (χ4n) is 3.11. The van der Waals surface area contributed by atoms with E-state index in [4.69, 9.17) is 9.47 Å². The van der Waals surface area contributed by atoms with Gasteiger partial charge in [0.2, 0.25) is 5.88 Å². The lowest BCUT2D eigenvalue weighted by Gasteiger charge is -2.26. The predicted molar refractivity (Wildman–Crippen MR) is 90.6 cm³/mol. The van der Waals surface area contributed by atoms with E-state index in [9.17, 15) is 0 Å². The van der Waals surface area contributed by atoms with Crippen LogP contribution in [0.4, 0.5) is 0 Å². The summed E-state index contributed by atoms with van der Waals surface area (Å²) in [5.74, 6) is 0.696. The molecule has 0 saturated carbocycles. The van der Waals surface area contributed by atoms with Crippen LogP contribution < -0.4 is 10.1 Å². The second-order valence-electron chi connectivity index (χ2n) is 5.83. The average molecular weight is 312 g/mol. The molecular weight excluding hydrogens is 288 g/mol. The summed E-state index contributed by atoms with van der Waals surface area (Å²) < 4.78 is 10.7. The van der Waals surface area contributed by atoms with Crippen LogP contribution in [0.1, 0.15) is 35.6 Å². The Kier molecular flexibility index (Phi) is 5.61. The highest BCUT2D eigenvalue weighted by Gasteiger charge is 2.19. The van der Waals surface area contributed by atoms with Crippen LogP contribution in [-0.4, -0.2) is 25.3 Å². The molecule has 1 aromatic heterocycles. The van der Waals surface area contributed by atoms with Crippen molar-refractivity contribution in [2.75, 3.05) is 20.3 Å². The summed E-state index contributed by atoms with van der Waals surface area (Å²) in [4.78, 5) is 4.34. The first-order chi connectivity index (χ1) is 11.4. The van der Waals surface area contributed by atoms with Crippen molar-refractivity contribution in [2.45, 2.75) is 31.8 Å². The van der Waals surface area contributed by atoms with Crippen molar-refractivity contribution < 1.29 is 9.47 Å². The monoisotopic (exact) mass is 312 g/mol. The lowest BCUT2D eigenvalue weighted by molar-refractivity contribution is 0.143. The normalized spacial score (nSPS) is 16.8. The van der Waals surface area contributed by atoms with Crippen LogP contribution >= 0.6 is 0 Å². The highest BCUT2D eigenvalue weighted by molar-refractivity contribution is 5.32. The molecule has 0 bridgehead atoms. The fourth-order valence-corrected chi connectivity index (χ4v) is 3.11. The lowest BCUT2D eigenvalue weighted by atomic mass is 9.87. The number of rotatable bonds is 7. The average Bonchev–Trinajstić information content (AvgIpc) is 2.61. The van der Waals surface area contributed by atoms with Crippen LogP contribution in [0.5, 0.6) is 5.88 Å². The van der Waals surface area contributed by atoms with Crippen molar-refractivity contribution in [1.29, 1.82) is 0 Å². The molecule has 4 nitrogen and oxygen atoms in total. The molecule has 1 aliphatic carbocycles. The zero-order valence-corrected chi connectivity index (χ0v) is 13.6. The first kappa shape index (κ1) is 16.0. The van der Waals surface area contributed by atoms with Gasteiger partial charge < -0.3 is 14.8 Å². The Morgan fingerprint density at radius 3 is 3.00 bits per heavy atom. The summed E-state index contributed by atoms with van der Waals surface area (Å²) in [5.41, 5.74) is 4.00. The van der Waals surface area contributed by atoms with Gasteiger partial charge in [-0.3, -0.25) is 0 Å². The number of hydrogen-bond acceptors (Lipinski definition) is 4. The Morgan fingerprint density at radius 2 is 2.09 bits per heavy atom. The fraction of sp³-hybridized carbons (Fsp3) is 0.421. The second kappa shape index (κ2) is 8.09. The van der Waals surface area contributed by atoms with Gasteiger partial charge >= 0.3 is 0 Å². The molecule has 1 aliphatic rings. The molecule has 1 N–H and O–H groups in total. The summed E-state index contributed by atoms with van der Waals surface area (Å²) in [6, 6.07) is 13.2. The van der Waals surface area contributed by atoms with Gasteiger partial charge in [0.1, 0.15) is 6.61 Å². The molecule has 0 amide bonds. The van der Waals surface area contributed by atoms with Crippen molar-refractivity contribution in [3.8, 4) is 5.88 Å². The molecule has 0 spiro atoms. The number of nitrogens with zero attached hydrogens (tertiary/aromatic N) is 1. The number of hydrogen-bond donors (Lipinski definition) is 1. The van der Waals surface area contributed by atoms with E-state index >= 15 is 0 Å². The number of nitrogens with one attached hydrogen (secondary N) is 1. The summed E-state index contributed by atoms with van der Waals surface area (Å²) >= 11 is 0.